The van der Waals surface area contributed by atoms with Gasteiger partial charge in [-0.1, -0.05) is 29.8 Å². The van der Waals surface area contributed by atoms with E-state index in [0.717, 1.165) is 4.68 Å². The van der Waals surface area contributed by atoms with Crippen LogP contribution in [0.3, 0.4) is 0 Å². The molecule has 0 amide bonds. The van der Waals surface area contributed by atoms with Gasteiger partial charge >= 0.3 is 6.18 Å². The van der Waals surface area contributed by atoms with Crippen LogP contribution >= 0.6 is 11.6 Å². The summed E-state index contributed by atoms with van der Waals surface area (Å²) in [6.07, 6.45) is -2.67. The lowest BCUT2D eigenvalue weighted by atomic mass is 10.3. The molecule has 6 heteroatoms. The van der Waals surface area contributed by atoms with E-state index in [1.54, 1.807) is 30.3 Å². The maximum absolute atomic E-state index is 12.4. The Bertz CT molecular complexity index is 491. The van der Waals surface area contributed by atoms with E-state index in [1.807, 2.05) is 6.20 Å². The Labute approximate surface area is 94.3 Å². The first kappa shape index (κ1) is 11.0. The van der Waals surface area contributed by atoms with Gasteiger partial charge in [0.05, 0.1) is 5.69 Å². The zero-order chi connectivity index (χ0) is 11.8. The molecule has 0 unspecified atom stereocenters. The second-order valence-corrected chi connectivity index (χ2v) is 3.38. The smallest absolute Gasteiger partial charge is 0.221 e. The summed E-state index contributed by atoms with van der Waals surface area (Å²) in [6.45, 7) is 0. The van der Waals surface area contributed by atoms with Gasteiger partial charge in [-0.25, -0.2) is 4.68 Å². The minimum atomic E-state index is -4.54. The highest BCUT2D eigenvalue weighted by atomic mass is 35.5. The van der Waals surface area contributed by atoms with Crippen LogP contribution in [0.5, 0.6) is 0 Å². The lowest BCUT2D eigenvalue weighted by Gasteiger charge is -2.05. The number of benzene rings is 1. The summed E-state index contributed by atoms with van der Waals surface area (Å²) < 4.78 is 38.2. The number of rotatable bonds is 1. The molecule has 0 spiro atoms. The third kappa shape index (κ3) is 1.90. The highest BCUT2D eigenvalue weighted by molar-refractivity contribution is 6.30. The fourth-order valence-corrected chi connectivity index (χ4v) is 1.50. The van der Waals surface area contributed by atoms with E-state index in [9.17, 15) is 13.2 Å². The summed E-state index contributed by atoms with van der Waals surface area (Å²) in [5, 5.41) is 3.00. The number of hydrogen-bond acceptors (Lipinski definition) is 1. The average Bonchev–Trinajstić information content (AvgIpc) is 2.61. The molecule has 0 aliphatic rings. The van der Waals surface area contributed by atoms with Crippen molar-refractivity contribution in [3.8, 4) is 5.69 Å². The summed E-state index contributed by atoms with van der Waals surface area (Å²) in [5.41, 5.74) is -0.600. The molecule has 0 aliphatic heterocycles. The molecule has 0 N–H and O–H groups in total. The highest BCUT2D eigenvalue weighted by Crippen LogP contribution is 2.34. The molecule has 0 atom stereocenters. The van der Waals surface area contributed by atoms with Crippen molar-refractivity contribution in [2.75, 3.05) is 0 Å². The number of aromatic nitrogens is 2. The first-order valence-corrected chi connectivity index (χ1v) is 4.67. The zero-order valence-electron chi connectivity index (χ0n) is 7.79. The van der Waals surface area contributed by atoms with Crippen molar-refractivity contribution in [3.05, 3.63) is 47.2 Å². The minimum absolute atomic E-state index is 0.458. The third-order valence-electron chi connectivity index (χ3n) is 1.94. The lowest BCUT2D eigenvalue weighted by Crippen LogP contribution is -2.05. The predicted octanol–water partition coefficient (Wildman–Crippen LogP) is 3.34. The predicted molar refractivity (Wildman–Crippen MR) is 52.4 cm³/mol. The molecule has 2 aromatic rings. The number of hydrogen-bond donors (Lipinski definition) is 0. The van der Waals surface area contributed by atoms with Crippen molar-refractivity contribution in [2.45, 2.75) is 6.18 Å². The van der Waals surface area contributed by atoms with Crippen LogP contribution in [-0.4, -0.2) is 9.78 Å². The molecule has 1 heterocycles. The van der Waals surface area contributed by atoms with Crippen LogP contribution in [0.15, 0.2) is 30.3 Å². The molecule has 0 saturated heterocycles. The van der Waals surface area contributed by atoms with Crippen LogP contribution in [0.2, 0.25) is 5.15 Å². The second kappa shape index (κ2) is 3.83. The van der Waals surface area contributed by atoms with Crippen molar-refractivity contribution in [1.82, 2.24) is 9.78 Å². The molecular formula is C10H5ClF3N2. The molecular weight excluding hydrogens is 241 g/mol. The van der Waals surface area contributed by atoms with Crippen molar-refractivity contribution in [3.63, 3.8) is 0 Å². The van der Waals surface area contributed by atoms with Crippen LogP contribution in [0, 0.1) is 6.20 Å². The highest BCUT2D eigenvalue weighted by Gasteiger charge is 2.36. The van der Waals surface area contributed by atoms with E-state index in [-0.39, 0.29) is 0 Å². The van der Waals surface area contributed by atoms with Gasteiger partial charge in [0.25, 0.3) is 0 Å². The van der Waals surface area contributed by atoms with Crippen LogP contribution in [0.25, 0.3) is 5.69 Å². The van der Waals surface area contributed by atoms with Crippen molar-refractivity contribution in [2.24, 2.45) is 0 Å². The van der Waals surface area contributed by atoms with E-state index < -0.39 is 16.9 Å². The van der Waals surface area contributed by atoms with E-state index in [1.165, 1.54) is 0 Å². The first-order chi connectivity index (χ1) is 7.50. The lowest BCUT2D eigenvalue weighted by molar-refractivity contribution is -0.137. The maximum atomic E-state index is 12.4. The van der Waals surface area contributed by atoms with Crippen molar-refractivity contribution < 1.29 is 13.2 Å². The summed E-state index contributed by atoms with van der Waals surface area (Å²) in [7, 11) is 0. The van der Waals surface area contributed by atoms with Crippen molar-refractivity contribution >= 4 is 11.6 Å². The quantitative estimate of drug-likeness (QED) is 0.753. The van der Waals surface area contributed by atoms with Gasteiger partial charge in [0, 0.05) is 0 Å². The molecule has 2 nitrogen and oxygen atoms in total. The fraction of sp³-hybridized carbons (Fsp3) is 0.100. The average molecular weight is 246 g/mol. The monoisotopic (exact) mass is 245 g/mol. The molecule has 0 fully saturated rings. The SMILES string of the molecule is FC(F)(F)c1[c]nn(-c2ccccc2)c1Cl. The first-order valence-electron chi connectivity index (χ1n) is 4.29. The molecule has 1 aromatic heterocycles. The normalized spacial score (nSPS) is 11.8. The van der Waals surface area contributed by atoms with Gasteiger partial charge in [0.2, 0.25) is 0 Å². The second-order valence-electron chi connectivity index (χ2n) is 3.02. The van der Waals surface area contributed by atoms with Gasteiger partial charge in [0.15, 0.2) is 0 Å². The molecule has 0 aliphatic carbocycles. The number of para-hydroxylation sites is 1. The molecule has 1 radical (unpaired) electrons. The summed E-state index contributed by atoms with van der Waals surface area (Å²) in [5.74, 6) is 0. The van der Waals surface area contributed by atoms with Crippen LogP contribution in [0.1, 0.15) is 5.56 Å². The Morgan fingerprint density at radius 1 is 1.19 bits per heavy atom. The Morgan fingerprint density at radius 2 is 1.81 bits per heavy atom. The standard InChI is InChI=1S/C10H5ClF3N2/c11-9-8(10(12,13)14)6-15-16(9)7-4-2-1-3-5-7/h1-5H. The van der Waals surface area contributed by atoms with Gasteiger partial charge in [-0.05, 0) is 12.1 Å². The minimum Gasteiger partial charge on any atom is -0.221 e. The van der Waals surface area contributed by atoms with Crippen LogP contribution in [0.4, 0.5) is 13.2 Å². The fourth-order valence-electron chi connectivity index (χ4n) is 1.22. The number of halogens is 4. The molecule has 16 heavy (non-hydrogen) atoms. The van der Waals surface area contributed by atoms with Gasteiger partial charge < -0.3 is 0 Å². The van der Waals surface area contributed by atoms with E-state index in [4.69, 9.17) is 11.6 Å². The zero-order valence-corrected chi connectivity index (χ0v) is 8.55. The van der Waals surface area contributed by atoms with E-state index in [2.05, 4.69) is 5.10 Å². The van der Waals surface area contributed by atoms with E-state index in [0.29, 0.717) is 5.69 Å². The van der Waals surface area contributed by atoms with Gasteiger partial charge in [-0.2, -0.15) is 18.3 Å². The van der Waals surface area contributed by atoms with Gasteiger partial charge in [0.1, 0.15) is 16.9 Å². The van der Waals surface area contributed by atoms with Crippen molar-refractivity contribution in [1.29, 1.82) is 0 Å². The van der Waals surface area contributed by atoms with E-state index >= 15 is 0 Å². The largest absolute Gasteiger partial charge is 0.421 e. The Morgan fingerprint density at radius 3 is 2.31 bits per heavy atom. The van der Waals surface area contributed by atoms with Crippen LogP contribution in [-0.2, 0) is 6.18 Å². The topological polar surface area (TPSA) is 17.8 Å². The summed E-state index contributed by atoms with van der Waals surface area (Å²) in [6, 6.07) is 8.32. The number of alkyl halides is 3. The third-order valence-corrected chi connectivity index (χ3v) is 2.29. The van der Waals surface area contributed by atoms with Gasteiger partial charge in [-0.3, -0.25) is 0 Å². The molecule has 83 valence electrons. The summed E-state index contributed by atoms with van der Waals surface area (Å²) >= 11 is 5.59. The van der Waals surface area contributed by atoms with Crippen LogP contribution < -0.4 is 0 Å². The number of nitrogens with zero attached hydrogens (tertiary/aromatic N) is 2. The Hall–Kier alpha value is -1.49. The molecule has 0 saturated carbocycles. The Balaban J connectivity index is 2.50. The summed E-state index contributed by atoms with van der Waals surface area (Å²) in [4.78, 5) is 0. The Kier molecular flexibility index (Phi) is 2.63. The maximum Gasteiger partial charge on any atom is 0.421 e. The molecule has 0 bridgehead atoms. The van der Waals surface area contributed by atoms with Gasteiger partial charge in [-0.15, -0.1) is 0 Å². The molecule has 2 rings (SSSR count). The molecule has 1 aromatic carbocycles.